The number of hydrogen-bond donors (Lipinski definition) is 0. The van der Waals surface area contributed by atoms with Crippen LogP contribution in [-0.4, -0.2) is 5.78 Å². The third kappa shape index (κ3) is 1.56. The Kier molecular flexibility index (Phi) is 2.15. The molecule has 3 nitrogen and oxygen atoms in total. The van der Waals surface area contributed by atoms with Crippen LogP contribution >= 0.6 is 0 Å². The normalized spacial score (nSPS) is 10.5. The summed E-state index contributed by atoms with van der Waals surface area (Å²) < 4.78 is 5.06. The fraction of sp³-hybridized carbons (Fsp3) is 0.167. The molecule has 0 aliphatic rings. The van der Waals surface area contributed by atoms with Crippen LogP contribution in [0.25, 0.3) is 11.0 Å². The molecule has 0 aliphatic heterocycles. The van der Waals surface area contributed by atoms with Gasteiger partial charge in [0.15, 0.2) is 5.78 Å². The van der Waals surface area contributed by atoms with E-state index in [1.54, 1.807) is 12.1 Å². The molecule has 3 heteroatoms. The second kappa shape index (κ2) is 3.35. The zero-order valence-corrected chi connectivity index (χ0v) is 8.53. The minimum absolute atomic E-state index is 0.102. The molecule has 0 aliphatic carbocycles. The first-order chi connectivity index (χ1) is 7.09. The Labute approximate surface area is 86.3 Å². The summed E-state index contributed by atoms with van der Waals surface area (Å²) in [5.41, 5.74) is 1.24. The predicted molar refractivity (Wildman–Crippen MR) is 57.2 cm³/mol. The van der Waals surface area contributed by atoms with E-state index >= 15 is 0 Å². The van der Waals surface area contributed by atoms with E-state index in [9.17, 15) is 9.59 Å². The van der Waals surface area contributed by atoms with Crippen LogP contribution in [0.3, 0.4) is 0 Å². The van der Waals surface area contributed by atoms with Crippen LogP contribution in [0.15, 0.2) is 33.5 Å². The number of carbonyl (C=O) groups is 1. The van der Waals surface area contributed by atoms with Crippen molar-refractivity contribution in [1.82, 2.24) is 0 Å². The SMILES string of the molecule is CC(=O)c1cccc2c(C)cc(=O)oc12. The van der Waals surface area contributed by atoms with Crippen molar-refractivity contribution in [3.63, 3.8) is 0 Å². The summed E-state index contributed by atoms with van der Waals surface area (Å²) in [5.74, 6) is -0.102. The molecule has 0 saturated carbocycles. The summed E-state index contributed by atoms with van der Waals surface area (Å²) in [5, 5.41) is 0.808. The van der Waals surface area contributed by atoms with E-state index in [0.717, 1.165) is 10.9 Å². The quantitative estimate of drug-likeness (QED) is 0.526. The van der Waals surface area contributed by atoms with Crippen molar-refractivity contribution in [3.05, 3.63) is 45.8 Å². The third-order valence-electron chi connectivity index (χ3n) is 2.36. The van der Waals surface area contributed by atoms with E-state index in [1.165, 1.54) is 13.0 Å². The van der Waals surface area contributed by atoms with Gasteiger partial charge in [0.25, 0.3) is 0 Å². The summed E-state index contributed by atoms with van der Waals surface area (Å²) in [7, 11) is 0. The first-order valence-electron chi connectivity index (χ1n) is 4.64. The van der Waals surface area contributed by atoms with Gasteiger partial charge >= 0.3 is 5.63 Å². The number of ketones is 1. The summed E-state index contributed by atoms with van der Waals surface area (Å²) in [6, 6.07) is 6.70. The molecule has 0 bridgehead atoms. The first-order valence-corrected chi connectivity index (χ1v) is 4.64. The maximum atomic E-state index is 11.3. The molecule has 0 atom stereocenters. The lowest BCUT2D eigenvalue weighted by Crippen LogP contribution is -2.01. The number of rotatable bonds is 1. The van der Waals surface area contributed by atoms with E-state index in [1.807, 2.05) is 13.0 Å². The maximum absolute atomic E-state index is 11.3. The summed E-state index contributed by atoms with van der Waals surface area (Å²) >= 11 is 0. The zero-order chi connectivity index (χ0) is 11.0. The Morgan fingerprint density at radius 2 is 2.07 bits per heavy atom. The second-order valence-corrected chi connectivity index (χ2v) is 3.49. The van der Waals surface area contributed by atoms with Gasteiger partial charge in [-0.3, -0.25) is 4.79 Å². The minimum atomic E-state index is -0.422. The van der Waals surface area contributed by atoms with Gasteiger partial charge in [-0.15, -0.1) is 0 Å². The van der Waals surface area contributed by atoms with Crippen molar-refractivity contribution < 1.29 is 9.21 Å². The smallest absolute Gasteiger partial charge is 0.336 e. The van der Waals surface area contributed by atoms with Crippen LogP contribution < -0.4 is 5.63 Å². The van der Waals surface area contributed by atoms with E-state index in [0.29, 0.717) is 11.1 Å². The molecule has 0 radical (unpaired) electrons. The Morgan fingerprint density at radius 3 is 2.73 bits per heavy atom. The molecule has 1 aromatic carbocycles. The van der Waals surface area contributed by atoms with Gasteiger partial charge in [-0.1, -0.05) is 12.1 Å². The fourth-order valence-electron chi connectivity index (χ4n) is 1.62. The van der Waals surface area contributed by atoms with Crippen LogP contribution in [0.4, 0.5) is 0 Å². The van der Waals surface area contributed by atoms with Gasteiger partial charge in [0.1, 0.15) is 5.58 Å². The van der Waals surface area contributed by atoms with Gasteiger partial charge in [0.2, 0.25) is 0 Å². The van der Waals surface area contributed by atoms with Crippen molar-refractivity contribution in [3.8, 4) is 0 Å². The summed E-state index contributed by atoms with van der Waals surface area (Å²) in [6.45, 7) is 3.28. The van der Waals surface area contributed by atoms with E-state index in [2.05, 4.69) is 0 Å². The lowest BCUT2D eigenvalue weighted by atomic mass is 10.1. The summed E-state index contributed by atoms with van der Waals surface area (Å²) in [4.78, 5) is 22.5. The highest BCUT2D eigenvalue weighted by molar-refractivity contribution is 6.05. The molecule has 15 heavy (non-hydrogen) atoms. The molecule has 0 saturated heterocycles. The van der Waals surface area contributed by atoms with Gasteiger partial charge in [-0.05, 0) is 25.5 Å². The van der Waals surface area contributed by atoms with Gasteiger partial charge in [0.05, 0.1) is 5.56 Å². The van der Waals surface area contributed by atoms with Gasteiger partial charge in [-0.2, -0.15) is 0 Å². The van der Waals surface area contributed by atoms with Crippen LogP contribution in [-0.2, 0) is 0 Å². The highest BCUT2D eigenvalue weighted by Gasteiger charge is 2.09. The van der Waals surface area contributed by atoms with Crippen LogP contribution in [0.2, 0.25) is 0 Å². The Morgan fingerprint density at radius 1 is 1.33 bits per heavy atom. The number of Topliss-reactive ketones (excluding diaryl/α,β-unsaturated/α-hetero) is 1. The van der Waals surface area contributed by atoms with E-state index < -0.39 is 5.63 Å². The molecule has 0 N–H and O–H groups in total. The van der Waals surface area contributed by atoms with Gasteiger partial charge in [-0.25, -0.2) is 4.79 Å². The second-order valence-electron chi connectivity index (χ2n) is 3.49. The average molecular weight is 202 g/mol. The molecule has 0 fully saturated rings. The molecule has 0 unspecified atom stereocenters. The molecular formula is C12H10O3. The topological polar surface area (TPSA) is 47.3 Å². The van der Waals surface area contributed by atoms with Crippen molar-refractivity contribution in [2.75, 3.05) is 0 Å². The van der Waals surface area contributed by atoms with Gasteiger partial charge in [0, 0.05) is 11.5 Å². The number of hydrogen-bond acceptors (Lipinski definition) is 3. The van der Waals surface area contributed by atoms with Crippen molar-refractivity contribution in [2.45, 2.75) is 13.8 Å². The fourth-order valence-corrected chi connectivity index (χ4v) is 1.62. The number of fused-ring (bicyclic) bond motifs is 1. The third-order valence-corrected chi connectivity index (χ3v) is 2.36. The Hall–Kier alpha value is -1.90. The highest BCUT2D eigenvalue weighted by atomic mass is 16.4. The largest absolute Gasteiger partial charge is 0.422 e. The molecule has 0 amide bonds. The molecule has 1 aromatic heterocycles. The van der Waals surface area contributed by atoms with Crippen molar-refractivity contribution in [2.24, 2.45) is 0 Å². The van der Waals surface area contributed by atoms with Crippen LogP contribution in [0.5, 0.6) is 0 Å². The number of para-hydroxylation sites is 1. The lowest BCUT2D eigenvalue weighted by Gasteiger charge is -2.03. The molecule has 0 spiro atoms. The predicted octanol–water partition coefficient (Wildman–Crippen LogP) is 2.30. The van der Waals surface area contributed by atoms with Crippen molar-refractivity contribution in [1.29, 1.82) is 0 Å². The number of benzene rings is 1. The minimum Gasteiger partial charge on any atom is -0.422 e. The van der Waals surface area contributed by atoms with Crippen LogP contribution in [0, 0.1) is 6.92 Å². The summed E-state index contributed by atoms with van der Waals surface area (Å²) in [6.07, 6.45) is 0. The standard InChI is InChI=1S/C12H10O3/c1-7-6-11(14)15-12-9(7)4-3-5-10(12)8(2)13/h3-6H,1-2H3. The maximum Gasteiger partial charge on any atom is 0.336 e. The van der Waals surface area contributed by atoms with Crippen LogP contribution in [0.1, 0.15) is 22.8 Å². The highest BCUT2D eigenvalue weighted by Crippen LogP contribution is 2.20. The van der Waals surface area contributed by atoms with E-state index in [4.69, 9.17) is 4.42 Å². The molecule has 1 heterocycles. The number of carbonyl (C=O) groups excluding carboxylic acids is 1. The zero-order valence-electron chi connectivity index (χ0n) is 8.53. The molecule has 76 valence electrons. The van der Waals surface area contributed by atoms with E-state index in [-0.39, 0.29) is 5.78 Å². The molecule has 2 aromatic rings. The molecular weight excluding hydrogens is 192 g/mol. The average Bonchev–Trinajstić information content (AvgIpc) is 2.16. The van der Waals surface area contributed by atoms with Crippen molar-refractivity contribution >= 4 is 16.8 Å². The first kappa shape index (κ1) is 9.65. The Balaban J connectivity index is 2.97. The Bertz CT molecular complexity index is 593. The monoisotopic (exact) mass is 202 g/mol. The number of aryl methyl sites for hydroxylation is 1. The molecule has 2 rings (SSSR count). The van der Waals surface area contributed by atoms with Gasteiger partial charge < -0.3 is 4.42 Å². The lowest BCUT2D eigenvalue weighted by molar-refractivity contribution is 0.101.